The van der Waals surface area contributed by atoms with Gasteiger partial charge in [-0.1, -0.05) is 13.8 Å². The minimum Gasteiger partial charge on any atom is -0.320 e. The summed E-state index contributed by atoms with van der Waals surface area (Å²) in [4.78, 5) is 10.9. The van der Waals surface area contributed by atoms with Gasteiger partial charge in [0.05, 0.1) is 12.5 Å². The third kappa shape index (κ3) is 1.92. The van der Waals surface area contributed by atoms with Crippen LogP contribution in [0.4, 0.5) is 0 Å². The fraction of sp³-hybridized carbons (Fsp3) is 0.375. The van der Waals surface area contributed by atoms with Gasteiger partial charge in [0.1, 0.15) is 11.2 Å². The Morgan fingerprint density at radius 3 is 2.77 bits per heavy atom. The Bertz CT molecular complexity index is 443. The predicted octanol–water partition coefficient (Wildman–Crippen LogP) is 2.05. The highest BCUT2D eigenvalue weighted by Crippen LogP contribution is 2.04. The van der Waals surface area contributed by atoms with Crippen LogP contribution in [0.15, 0.2) is 12.5 Å². The maximum Gasteiger partial charge on any atom is 0.198 e. The van der Waals surface area contributed by atoms with Crippen LogP contribution >= 0.6 is 12.2 Å². The van der Waals surface area contributed by atoms with Crippen molar-refractivity contribution in [1.29, 1.82) is 0 Å². The zero-order chi connectivity index (χ0) is 9.84. The third-order valence-electron chi connectivity index (χ3n) is 1.49. The van der Waals surface area contributed by atoms with Crippen molar-refractivity contribution in [1.82, 2.24) is 19.5 Å². The lowest BCUT2D eigenvalue weighted by atomic mass is 10.6. The second-order valence-electron chi connectivity index (χ2n) is 2.28. The van der Waals surface area contributed by atoms with Crippen LogP contribution in [-0.4, -0.2) is 19.5 Å². The second-order valence-corrected chi connectivity index (χ2v) is 2.66. The van der Waals surface area contributed by atoms with Crippen LogP contribution < -0.4 is 0 Å². The van der Waals surface area contributed by atoms with Crippen molar-refractivity contribution < 1.29 is 0 Å². The number of aryl methyl sites for hydroxylation is 1. The fourth-order valence-corrected chi connectivity index (χ4v) is 1.10. The average molecular weight is 196 g/mol. The van der Waals surface area contributed by atoms with Crippen LogP contribution in [0.25, 0.3) is 11.2 Å². The van der Waals surface area contributed by atoms with Gasteiger partial charge in [0.25, 0.3) is 0 Å². The van der Waals surface area contributed by atoms with Crippen molar-refractivity contribution in [3.05, 3.63) is 17.3 Å². The molecule has 2 rings (SSSR count). The molecule has 0 aromatic carbocycles. The van der Waals surface area contributed by atoms with Crippen LogP contribution in [0.3, 0.4) is 0 Å². The molecule has 0 radical (unpaired) electrons. The number of aromatic nitrogens is 4. The first-order chi connectivity index (χ1) is 6.27. The molecule has 2 aromatic rings. The Morgan fingerprint density at radius 1 is 1.38 bits per heavy atom. The van der Waals surface area contributed by atoms with Gasteiger partial charge in [0, 0.05) is 7.05 Å². The van der Waals surface area contributed by atoms with Gasteiger partial charge in [0.15, 0.2) is 4.77 Å². The number of rotatable bonds is 0. The Kier molecular flexibility index (Phi) is 3.13. The molecule has 0 aliphatic heterocycles. The molecule has 4 nitrogen and oxygen atoms in total. The van der Waals surface area contributed by atoms with Crippen molar-refractivity contribution in [3.8, 4) is 0 Å². The molecule has 0 aliphatic rings. The molecule has 13 heavy (non-hydrogen) atoms. The van der Waals surface area contributed by atoms with E-state index in [9.17, 15) is 0 Å². The molecule has 2 aromatic heterocycles. The van der Waals surface area contributed by atoms with Crippen LogP contribution in [0, 0.1) is 4.77 Å². The Morgan fingerprint density at radius 2 is 2.08 bits per heavy atom. The quantitative estimate of drug-likeness (QED) is 0.656. The standard InChI is InChI=1S/C6H6N4S.C2H6/c1-10-3-8-4-2-7-6(11)9-5(4)10;1-2/h2-3H,1H3,(H,7,9,11);1-2H3. The highest BCUT2D eigenvalue weighted by atomic mass is 32.1. The van der Waals surface area contributed by atoms with Gasteiger partial charge in [0.2, 0.25) is 0 Å². The van der Waals surface area contributed by atoms with Gasteiger partial charge in [-0.15, -0.1) is 0 Å². The molecule has 0 aliphatic carbocycles. The van der Waals surface area contributed by atoms with E-state index < -0.39 is 0 Å². The van der Waals surface area contributed by atoms with Crippen molar-refractivity contribution in [2.24, 2.45) is 7.05 Å². The van der Waals surface area contributed by atoms with Crippen molar-refractivity contribution in [2.45, 2.75) is 13.8 Å². The van der Waals surface area contributed by atoms with Crippen LogP contribution in [-0.2, 0) is 7.05 Å². The molecule has 0 spiro atoms. The lowest BCUT2D eigenvalue weighted by molar-refractivity contribution is 0.926. The molecule has 5 heteroatoms. The summed E-state index contributed by atoms with van der Waals surface area (Å²) in [6.45, 7) is 4.00. The van der Waals surface area contributed by atoms with E-state index in [1.165, 1.54) is 0 Å². The number of nitrogens with zero attached hydrogens (tertiary/aromatic N) is 3. The maximum atomic E-state index is 4.86. The topological polar surface area (TPSA) is 46.5 Å². The number of fused-ring (bicyclic) bond motifs is 1. The van der Waals surface area contributed by atoms with Crippen LogP contribution in [0.1, 0.15) is 13.8 Å². The zero-order valence-corrected chi connectivity index (χ0v) is 8.72. The van der Waals surface area contributed by atoms with E-state index in [4.69, 9.17) is 12.2 Å². The van der Waals surface area contributed by atoms with E-state index in [0.29, 0.717) is 4.77 Å². The zero-order valence-electron chi connectivity index (χ0n) is 7.90. The second kappa shape index (κ2) is 4.13. The first-order valence-electron chi connectivity index (χ1n) is 4.14. The summed E-state index contributed by atoms with van der Waals surface area (Å²) in [5.41, 5.74) is 1.74. The van der Waals surface area contributed by atoms with Crippen LogP contribution in [0.2, 0.25) is 0 Å². The van der Waals surface area contributed by atoms with E-state index in [1.54, 1.807) is 12.5 Å². The Labute approximate surface area is 81.7 Å². The average Bonchev–Trinajstić information content (AvgIpc) is 2.52. The summed E-state index contributed by atoms with van der Waals surface area (Å²) < 4.78 is 2.36. The molecule has 0 amide bonds. The monoisotopic (exact) mass is 196 g/mol. The molecule has 0 saturated heterocycles. The van der Waals surface area contributed by atoms with E-state index in [0.717, 1.165) is 11.2 Å². The SMILES string of the molecule is CC.Cn1cnc2cnc(=S)[nH]c21. The molecule has 0 unspecified atom stereocenters. The highest BCUT2D eigenvalue weighted by molar-refractivity contribution is 7.71. The lowest BCUT2D eigenvalue weighted by Crippen LogP contribution is -1.88. The number of H-pyrrole nitrogens is 1. The van der Waals surface area contributed by atoms with Gasteiger partial charge >= 0.3 is 0 Å². The smallest absolute Gasteiger partial charge is 0.198 e. The number of hydrogen-bond acceptors (Lipinski definition) is 3. The summed E-state index contributed by atoms with van der Waals surface area (Å²) in [6.07, 6.45) is 3.38. The lowest BCUT2D eigenvalue weighted by Gasteiger charge is -1.91. The molecule has 0 atom stereocenters. The first kappa shape index (κ1) is 9.85. The molecular weight excluding hydrogens is 184 g/mol. The number of nitrogens with one attached hydrogen (secondary N) is 1. The number of imidazole rings is 1. The van der Waals surface area contributed by atoms with Gasteiger partial charge in [-0.25, -0.2) is 9.97 Å². The molecule has 2 heterocycles. The maximum absolute atomic E-state index is 4.86. The Balaban J connectivity index is 0.000000396. The summed E-state index contributed by atoms with van der Waals surface area (Å²) in [5.74, 6) is 0. The number of aromatic amines is 1. The molecule has 0 saturated carbocycles. The first-order valence-corrected chi connectivity index (χ1v) is 4.54. The van der Waals surface area contributed by atoms with E-state index >= 15 is 0 Å². The van der Waals surface area contributed by atoms with Gasteiger partial charge < -0.3 is 9.55 Å². The molecule has 0 bridgehead atoms. The predicted molar refractivity (Wildman–Crippen MR) is 55.0 cm³/mol. The van der Waals surface area contributed by atoms with Gasteiger partial charge in [-0.05, 0) is 12.2 Å². The summed E-state index contributed by atoms with van der Waals surface area (Å²) in [6, 6.07) is 0. The normalized spacial score (nSPS) is 9.46. The molecule has 70 valence electrons. The summed E-state index contributed by atoms with van der Waals surface area (Å²) in [7, 11) is 1.90. The summed E-state index contributed by atoms with van der Waals surface area (Å²) >= 11 is 4.86. The minimum atomic E-state index is 0.487. The van der Waals surface area contributed by atoms with E-state index in [1.807, 2.05) is 25.5 Å². The Hall–Kier alpha value is -1.23. The highest BCUT2D eigenvalue weighted by Gasteiger charge is 1.97. The van der Waals surface area contributed by atoms with E-state index in [-0.39, 0.29) is 0 Å². The summed E-state index contributed by atoms with van der Waals surface area (Å²) in [5, 5.41) is 0. The molecular formula is C8H12N4S. The van der Waals surface area contributed by atoms with Crippen molar-refractivity contribution >= 4 is 23.4 Å². The van der Waals surface area contributed by atoms with E-state index in [2.05, 4.69) is 15.0 Å². The molecule has 1 N–H and O–H groups in total. The van der Waals surface area contributed by atoms with Gasteiger partial charge in [-0.2, -0.15) is 0 Å². The van der Waals surface area contributed by atoms with Crippen molar-refractivity contribution in [2.75, 3.05) is 0 Å². The fourth-order valence-electron chi connectivity index (χ4n) is 0.948. The van der Waals surface area contributed by atoms with Crippen molar-refractivity contribution in [3.63, 3.8) is 0 Å². The largest absolute Gasteiger partial charge is 0.320 e. The third-order valence-corrected chi connectivity index (χ3v) is 1.70. The molecule has 0 fully saturated rings. The van der Waals surface area contributed by atoms with Crippen LogP contribution in [0.5, 0.6) is 0 Å². The van der Waals surface area contributed by atoms with Gasteiger partial charge in [-0.3, -0.25) is 0 Å². The minimum absolute atomic E-state index is 0.487. The number of hydrogen-bond donors (Lipinski definition) is 1.